The summed E-state index contributed by atoms with van der Waals surface area (Å²) < 4.78 is 19.3. The van der Waals surface area contributed by atoms with E-state index in [1.807, 2.05) is 28.8 Å². The molecule has 0 fully saturated rings. The normalized spacial score (nSPS) is 12.9. The minimum atomic E-state index is -4.02. The van der Waals surface area contributed by atoms with Crippen LogP contribution < -0.4 is 0 Å². The molecule has 0 aliphatic heterocycles. The maximum Gasteiger partial charge on any atom is 0.325 e. The summed E-state index contributed by atoms with van der Waals surface area (Å²) in [7, 11) is -4.02. The Hall–Kier alpha value is -1.10. The van der Waals surface area contributed by atoms with E-state index in [0.29, 0.717) is 12.4 Å². The van der Waals surface area contributed by atoms with E-state index < -0.39 is 13.2 Å². The Kier molecular flexibility index (Phi) is 6.43. The molecule has 2 aromatic heterocycles. The van der Waals surface area contributed by atoms with Gasteiger partial charge in [-0.15, -0.1) is 0 Å². The molecule has 0 saturated carbocycles. The van der Waals surface area contributed by atoms with Crippen LogP contribution in [-0.2, 0) is 22.5 Å². The SMILES string of the molecule is CC(C)(O)Cn1c(COCCCP(=O)(O)O)nc2c(I)nc3ccccc3c21. The number of hydrogen-bond donors (Lipinski definition) is 3. The number of para-hydroxylation sites is 1. The summed E-state index contributed by atoms with van der Waals surface area (Å²) in [5, 5.41) is 11.4. The van der Waals surface area contributed by atoms with E-state index in [9.17, 15) is 9.67 Å². The molecule has 0 saturated heterocycles. The van der Waals surface area contributed by atoms with Crippen LogP contribution in [0.3, 0.4) is 0 Å². The van der Waals surface area contributed by atoms with E-state index in [1.165, 1.54) is 0 Å². The number of aliphatic hydroxyl groups is 1. The zero-order valence-electron chi connectivity index (χ0n) is 15.7. The minimum Gasteiger partial charge on any atom is -0.389 e. The van der Waals surface area contributed by atoms with Crippen molar-refractivity contribution < 1.29 is 24.2 Å². The number of ether oxygens (including phenoxy) is 1. The van der Waals surface area contributed by atoms with Crippen LogP contribution in [0.15, 0.2) is 24.3 Å². The molecule has 2 heterocycles. The minimum absolute atomic E-state index is 0.177. The number of pyridine rings is 1. The molecule has 0 radical (unpaired) electrons. The Labute approximate surface area is 176 Å². The second-order valence-corrected chi connectivity index (χ2v) is 10.1. The number of fused-ring (bicyclic) bond motifs is 3. The molecule has 152 valence electrons. The lowest BCUT2D eigenvalue weighted by Gasteiger charge is -2.20. The lowest BCUT2D eigenvalue weighted by molar-refractivity contribution is 0.0575. The maximum atomic E-state index is 10.9. The van der Waals surface area contributed by atoms with Crippen molar-refractivity contribution in [2.45, 2.75) is 39.0 Å². The summed E-state index contributed by atoms with van der Waals surface area (Å²) in [6.07, 6.45) is 0.0531. The van der Waals surface area contributed by atoms with Crippen LogP contribution >= 0.6 is 30.2 Å². The molecule has 0 bridgehead atoms. The summed E-state index contributed by atoms with van der Waals surface area (Å²) in [5.74, 6) is 0.643. The van der Waals surface area contributed by atoms with E-state index in [-0.39, 0.29) is 25.8 Å². The lowest BCUT2D eigenvalue weighted by atomic mass is 10.1. The monoisotopic (exact) mass is 519 g/mol. The van der Waals surface area contributed by atoms with Crippen LogP contribution in [0, 0.1) is 3.70 Å². The van der Waals surface area contributed by atoms with Crippen molar-refractivity contribution in [2.24, 2.45) is 0 Å². The maximum absolute atomic E-state index is 10.9. The van der Waals surface area contributed by atoms with Gasteiger partial charge >= 0.3 is 7.60 Å². The van der Waals surface area contributed by atoms with Crippen molar-refractivity contribution in [3.8, 4) is 0 Å². The first-order chi connectivity index (χ1) is 13.1. The third-order valence-corrected chi connectivity index (χ3v) is 5.79. The molecule has 0 amide bonds. The quantitative estimate of drug-likeness (QED) is 0.181. The van der Waals surface area contributed by atoms with E-state index in [4.69, 9.17) is 19.5 Å². The molecular formula is C18H23IN3O5P. The molecule has 0 aliphatic rings. The standard InChI is InChI=1S/C18H23IN3O5P/c1-18(2,23)11-22-14(10-27-8-5-9-28(24,25)26)21-15-16(22)12-6-3-4-7-13(12)20-17(15)19/h3-4,6-7,23H,5,8-11H2,1-2H3,(H2,24,25,26). The molecule has 3 rings (SSSR count). The molecule has 28 heavy (non-hydrogen) atoms. The second-order valence-electron chi connectivity index (χ2n) is 7.34. The smallest absolute Gasteiger partial charge is 0.325 e. The molecule has 8 nitrogen and oxygen atoms in total. The zero-order chi connectivity index (χ0) is 20.5. The van der Waals surface area contributed by atoms with Crippen molar-refractivity contribution in [3.63, 3.8) is 0 Å². The van der Waals surface area contributed by atoms with Gasteiger partial charge in [-0.05, 0) is 48.9 Å². The van der Waals surface area contributed by atoms with Crippen LogP contribution in [0.25, 0.3) is 21.9 Å². The highest BCUT2D eigenvalue weighted by Gasteiger charge is 2.22. The Morgan fingerprint density at radius 3 is 2.64 bits per heavy atom. The Morgan fingerprint density at radius 2 is 1.96 bits per heavy atom. The van der Waals surface area contributed by atoms with E-state index in [2.05, 4.69) is 27.6 Å². The number of rotatable bonds is 8. The first-order valence-electron chi connectivity index (χ1n) is 8.83. The van der Waals surface area contributed by atoms with Crippen LogP contribution in [0.4, 0.5) is 0 Å². The van der Waals surface area contributed by atoms with Gasteiger partial charge in [0.15, 0.2) is 0 Å². The van der Waals surface area contributed by atoms with Crippen LogP contribution in [-0.4, -0.2) is 47.8 Å². The van der Waals surface area contributed by atoms with E-state index in [0.717, 1.165) is 25.6 Å². The van der Waals surface area contributed by atoms with Gasteiger partial charge in [-0.3, -0.25) is 4.57 Å². The van der Waals surface area contributed by atoms with Gasteiger partial charge in [0, 0.05) is 12.0 Å². The summed E-state index contributed by atoms with van der Waals surface area (Å²) in [4.78, 5) is 27.2. The number of benzene rings is 1. The molecule has 0 unspecified atom stereocenters. The fourth-order valence-electron chi connectivity index (χ4n) is 3.05. The Morgan fingerprint density at radius 1 is 1.25 bits per heavy atom. The fraction of sp³-hybridized carbons (Fsp3) is 0.444. The van der Waals surface area contributed by atoms with Crippen LogP contribution in [0.2, 0.25) is 0 Å². The molecule has 0 atom stereocenters. The van der Waals surface area contributed by atoms with Crippen LogP contribution in [0.1, 0.15) is 26.1 Å². The first kappa shape index (κ1) is 21.6. The van der Waals surface area contributed by atoms with Crippen LogP contribution in [0.5, 0.6) is 0 Å². The topological polar surface area (TPSA) is 118 Å². The van der Waals surface area contributed by atoms with Gasteiger partial charge in [-0.25, -0.2) is 9.97 Å². The van der Waals surface area contributed by atoms with Gasteiger partial charge in [0.05, 0.1) is 29.3 Å². The molecule has 0 spiro atoms. The highest BCUT2D eigenvalue weighted by molar-refractivity contribution is 14.1. The predicted molar refractivity (Wildman–Crippen MR) is 115 cm³/mol. The molecule has 3 aromatic rings. The van der Waals surface area contributed by atoms with Crippen molar-refractivity contribution in [1.82, 2.24) is 14.5 Å². The van der Waals surface area contributed by atoms with Gasteiger partial charge in [0.2, 0.25) is 0 Å². The highest BCUT2D eigenvalue weighted by atomic mass is 127. The number of halogens is 1. The molecule has 1 aromatic carbocycles. The average Bonchev–Trinajstić information content (AvgIpc) is 2.91. The third-order valence-electron chi connectivity index (χ3n) is 4.13. The number of imidazole rings is 1. The molecule has 0 aliphatic carbocycles. The zero-order valence-corrected chi connectivity index (χ0v) is 18.7. The highest BCUT2D eigenvalue weighted by Crippen LogP contribution is 2.35. The van der Waals surface area contributed by atoms with Crippen molar-refractivity contribution in [1.29, 1.82) is 0 Å². The number of nitrogens with zero attached hydrogens (tertiary/aromatic N) is 3. The predicted octanol–water partition coefficient (Wildman–Crippen LogP) is 3.04. The third kappa shape index (κ3) is 5.28. The van der Waals surface area contributed by atoms with Crippen molar-refractivity contribution >= 4 is 52.1 Å². The van der Waals surface area contributed by atoms with E-state index >= 15 is 0 Å². The van der Waals surface area contributed by atoms with Gasteiger partial charge in [0.1, 0.15) is 21.6 Å². The summed E-state index contributed by atoms with van der Waals surface area (Å²) in [5.41, 5.74) is 1.53. The van der Waals surface area contributed by atoms with Gasteiger partial charge in [0.25, 0.3) is 0 Å². The summed E-state index contributed by atoms with van der Waals surface area (Å²) in [6.45, 7) is 4.19. The molecule has 10 heteroatoms. The second kappa shape index (κ2) is 8.33. The fourth-order valence-corrected chi connectivity index (χ4v) is 4.23. The Balaban J connectivity index is 1.97. The molecule has 3 N–H and O–H groups in total. The summed E-state index contributed by atoms with van der Waals surface area (Å²) in [6, 6.07) is 7.79. The first-order valence-corrected chi connectivity index (χ1v) is 11.7. The number of aromatic nitrogens is 3. The van der Waals surface area contributed by atoms with Crippen molar-refractivity contribution in [2.75, 3.05) is 12.8 Å². The van der Waals surface area contributed by atoms with E-state index in [1.54, 1.807) is 13.8 Å². The summed E-state index contributed by atoms with van der Waals surface area (Å²) >= 11 is 2.16. The average molecular weight is 519 g/mol. The number of hydrogen-bond acceptors (Lipinski definition) is 5. The Bertz CT molecular complexity index is 1040. The largest absolute Gasteiger partial charge is 0.389 e. The van der Waals surface area contributed by atoms with Gasteiger partial charge in [-0.2, -0.15) is 0 Å². The van der Waals surface area contributed by atoms with Gasteiger partial charge < -0.3 is 24.2 Å². The van der Waals surface area contributed by atoms with Crippen molar-refractivity contribution in [3.05, 3.63) is 33.8 Å². The van der Waals surface area contributed by atoms with Gasteiger partial charge in [-0.1, -0.05) is 18.2 Å². The molecular weight excluding hydrogens is 496 g/mol. The lowest BCUT2D eigenvalue weighted by Crippen LogP contribution is -2.27.